The maximum Gasteiger partial charge on any atom is 0.387 e. The largest absolute Gasteiger partial charge is 0.481 e. The molecule has 0 aliphatic rings. The third-order valence-corrected chi connectivity index (χ3v) is 7.08. The fourth-order valence-corrected chi connectivity index (χ4v) is 5.19. The molecule has 4 rings (SSSR count). The van der Waals surface area contributed by atoms with Gasteiger partial charge in [0.15, 0.2) is 5.15 Å². The second-order valence-corrected chi connectivity index (χ2v) is 9.56. The van der Waals surface area contributed by atoms with E-state index in [0.717, 1.165) is 15.6 Å². The first-order valence-electron chi connectivity index (χ1n) is 10.3. The van der Waals surface area contributed by atoms with E-state index in [4.69, 9.17) is 16.3 Å². The predicted molar refractivity (Wildman–Crippen MR) is 129 cm³/mol. The van der Waals surface area contributed by atoms with Crippen molar-refractivity contribution in [3.05, 3.63) is 71.5 Å². The van der Waals surface area contributed by atoms with Gasteiger partial charge in [-0.15, -0.1) is 0 Å². The molecule has 0 saturated carbocycles. The van der Waals surface area contributed by atoms with Gasteiger partial charge in [-0.25, -0.2) is 12.4 Å². The smallest absolute Gasteiger partial charge is 0.387 e. The normalized spacial score (nSPS) is 11.7. The summed E-state index contributed by atoms with van der Waals surface area (Å²) in [5.41, 5.74) is 2.19. The van der Waals surface area contributed by atoms with Gasteiger partial charge in [0, 0.05) is 35.9 Å². The molecule has 0 fully saturated rings. The standard InChI is InChI=1S/C23H21ClF2N4O4S/c1-27-12-14-13-30(35(31,32)17-5-3-4-16(11-17)34-23(25)26)20-10-15(6-7-18(14)20)28-19-8-9-21(33-2)29-22(19)24/h3-11,13,23,27-28H,12H2,1-2H3. The third-order valence-electron chi connectivity index (χ3n) is 5.12. The van der Waals surface area contributed by atoms with Crippen molar-refractivity contribution >= 4 is 43.9 Å². The van der Waals surface area contributed by atoms with Gasteiger partial charge in [-0.1, -0.05) is 23.7 Å². The number of hydrogen-bond acceptors (Lipinski definition) is 7. The molecule has 2 N–H and O–H groups in total. The quantitative estimate of drug-likeness (QED) is 0.299. The van der Waals surface area contributed by atoms with Gasteiger partial charge in [0.25, 0.3) is 10.0 Å². The number of rotatable bonds is 9. The lowest BCUT2D eigenvalue weighted by molar-refractivity contribution is -0.0499. The topological polar surface area (TPSA) is 94.5 Å². The van der Waals surface area contributed by atoms with Crippen LogP contribution in [0.1, 0.15) is 5.56 Å². The van der Waals surface area contributed by atoms with E-state index in [1.165, 1.54) is 31.5 Å². The number of fused-ring (bicyclic) bond motifs is 1. The van der Waals surface area contributed by atoms with Crippen molar-refractivity contribution in [3.8, 4) is 11.6 Å². The lowest BCUT2D eigenvalue weighted by atomic mass is 10.1. The molecule has 0 aliphatic carbocycles. The Morgan fingerprint density at radius 2 is 1.94 bits per heavy atom. The van der Waals surface area contributed by atoms with Gasteiger partial charge in [0.2, 0.25) is 5.88 Å². The van der Waals surface area contributed by atoms with Crippen molar-refractivity contribution in [1.82, 2.24) is 14.3 Å². The summed E-state index contributed by atoms with van der Waals surface area (Å²) < 4.78 is 62.9. The third kappa shape index (κ3) is 5.16. The van der Waals surface area contributed by atoms with Crippen LogP contribution in [0.25, 0.3) is 10.9 Å². The molecule has 2 aromatic heterocycles. The van der Waals surface area contributed by atoms with Gasteiger partial charge >= 0.3 is 6.61 Å². The second-order valence-electron chi connectivity index (χ2n) is 7.39. The summed E-state index contributed by atoms with van der Waals surface area (Å²) in [7, 11) is -0.921. The molecule has 2 heterocycles. The van der Waals surface area contributed by atoms with Crippen LogP contribution >= 0.6 is 11.6 Å². The number of methoxy groups -OCH3 is 1. The number of benzene rings is 2. The summed E-state index contributed by atoms with van der Waals surface area (Å²) >= 11 is 6.23. The second kappa shape index (κ2) is 10.1. The summed E-state index contributed by atoms with van der Waals surface area (Å²) in [5.74, 6) is 0.0997. The monoisotopic (exact) mass is 522 g/mol. The molecule has 4 aromatic rings. The number of nitrogens with one attached hydrogen (secondary N) is 2. The Kier molecular flexibility index (Phi) is 7.10. The minimum absolute atomic E-state index is 0.180. The van der Waals surface area contributed by atoms with Crippen molar-refractivity contribution in [1.29, 1.82) is 0 Å². The molecule has 184 valence electrons. The molecule has 0 unspecified atom stereocenters. The number of halogens is 3. The summed E-state index contributed by atoms with van der Waals surface area (Å²) in [6.45, 7) is -2.66. The number of ether oxygens (including phenoxy) is 2. The van der Waals surface area contributed by atoms with Crippen LogP contribution < -0.4 is 20.1 Å². The van der Waals surface area contributed by atoms with Gasteiger partial charge in [-0.3, -0.25) is 0 Å². The molecule has 0 atom stereocenters. The minimum Gasteiger partial charge on any atom is -0.481 e. The van der Waals surface area contributed by atoms with Crippen LogP contribution in [0.2, 0.25) is 5.15 Å². The Hall–Kier alpha value is -3.41. The van der Waals surface area contributed by atoms with E-state index in [0.29, 0.717) is 34.7 Å². The Morgan fingerprint density at radius 3 is 2.63 bits per heavy atom. The Labute approximate surface area is 205 Å². The maximum atomic E-state index is 13.5. The highest BCUT2D eigenvalue weighted by atomic mass is 35.5. The highest BCUT2D eigenvalue weighted by molar-refractivity contribution is 7.90. The fourth-order valence-electron chi connectivity index (χ4n) is 3.58. The molecule has 0 aliphatic heterocycles. The summed E-state index contributed by atoms with van der Waals surface area (Å²) in [6.07, 6.45) is 1.50. The van der Waals surface area contributed by atoms with Crippen LogP contribution in [0.15, 0.2) is 65.7 Å². The first kappa shape index (κ1) is 24.7. The maximum absolute atomic E-state index is 13.5. The summed E-state index contributed by atoms with van der Waals surface area (Å²) in [4.78, 5) is 3.92. The molecule has 0 radical (unpaired) electrons. The molecule has 12 heteroatoms. The number of anilines is 2. The lowest BCUT2D eigenvalue weighted by Crippen LogP contribution is -2.13. The first-order valence-corrected chi connectivity index (χ1v) is 12.1. The van der Waals surface area contributed by atoms with E-state index in [1.807, 2.05) is 0 Å². The van der Waals surface area contributed by atoms with Gasteiger partial charge in [0.05, 0.1) is 23.2 Å². The Balaban J connectivity index is 1.80. The lowest BCUT2D eigenvalue weighted by Gasteiger charge is -2.12. The number of hydrogen-bond donors (Lipinski definition) is 2. The zero-order valence-corrected chi connectivity index (χ0v) is 20.2. The van der Waals surface area contributed by atoms with E-state index >= 15 is 0 Å². The van der Waals surface area contributed by atoms with E-state index < -0.39 is 16.6 Å². The van der Waals surface area contributed by atoms with Crippen molar-refractivity contribution in [2.75, 3.05) is 19.5 Å². The Bertz CT molecular complexity index is 1480. The average Bonchev–Trinajstić information content (AvgIpc) is 3.19. The minimum atomic E-state index is -4.15. The molecule has 35 heavy (non-hydrogen) atoms. The van der Waals surface area contributed by atoms with E-state index in [1.54, 1.807) is 37.4 Å². The average molecular weight is 523 g/mol. The van der Waals surface area contributed by atoms with E-state index in [-0.39, 0.29) is 15.8 Å². The van der Waals surface area contributed by atoms with Gasteiger partial charge in [-0.05, 0) is 42.9 Å². The van der Waals surface area contributed by atoms with Crippen LogP contribution in [-0.4, -0.2) is 38.1 Å². The van der Waals surface area contributed by atoms with Crippen molar-refractivity contribution < 1.29 is 26.7 Å². The molecule has 0 amide bonds. The van der Waals surface area contributed by atoms with Gasteiger partial charge in [-0.2, -0.15) is 13.8 Å². The molecule has 2 aromatic carbocycles. The fraction of sp³-hybridized carbons (Fsp3) is 0.174. The van der Waals surface area contributed by atoms with Crippen LogP contribution in [0.5, 0.6) is 11.6 Å². The van der Waals surface area contributed by atoms with Crippen molar-refractivity contribution in [2.45, 2.75) is 18.1 Å². The molecular weight excluding hydrogens is 502 g/mol. The summed E-state index contributed by atoms with van der Waals surface area (Å²) in [6, 6.07) is 13.6. The van der Waals surface area contributed by atoms with Crippen LogP contribution in [0.4, 0.5) is 20.2 Å². The summed E-state index contributed by atoms with van der Waals surface area (Å²) in [5, 5.41) is 7.03. The number of pyridine rings is 1. The number of alkyl halides is 2. The zero-order chi connectivity index (χ0) is 25.2. The van der Waals surface area contributed by atoms with E-state index in [9.17, 15) is 17.2 Å². The molecular formula is C23H21ClF2N4O4S. The van der Waals surface area contributed by atoms with Gasteiger partial charge < -0.3 is 20.1 Å². The SMILES string of the molecule is CNCc1cn(S(=O)(=O)c2cccc(OC(F)F)c2)c2cc(Nc3ccc(OC)nc3Cl)ccc12. The number of nitrogens with zero attached hydrogens (tertiary/aromatic N) is 2. The highest BCUT2D eigenvalue weighted by Crippen LogP contribution is 2.32. The van der Waals surface area contributed by atoms with Crippen LogP contribution in [0.3, 0.4) is 0 Å². The first-order chi connectivity index (χ1) is 16.7. The van der Waals surface area contributed by atoms with Crippen molar-refractivity contribution in [3.63, 3.8) is 0 Å². The molecule has 0 spiro atoms. The van der Waals surface area contributed by atoms with Gasteiger partial charge in [0.1, 0.15) is 5.75 Å². The molecule has 8 nitrogen and oxygen atoms in total. The molecule has 0 saturated heterocycles. The highest BCUT2D eigenvalue weighted by Gasteiger charge is 2.23. The van der Waals surface area contributed by atoms with E-state index in [2.05, 4.69) is 20.4 Å². The zero-order valence-electron chi connectivity index (χ0n) is 18.6. The van der Waals surface area contributed by atoms with Crippen LogP contribution in [0, 0.1) is 0 Å². The van der Waals surface area contributed by atoms with Crippen molar-refractivity contribution in [2.24, 2.45) is 0 Å². The predicted octanol–water partition coefficient (Wildman–Crippen LogP) is 5.00. The Morgan fingerprint density at radius 1 is 1.14 bits per heavy atom. The van der Waals surface area contributed by atoms with Crippen LogP contribution in [-0.2, 0) is 16.6 Å². The number of aromatic nitrogens is 2. The molecule has 0 bridgehead atoms.